The third-order valence-electron chi connectivity index (χ3n) is 4.80. The standard InChI is InChI=1S/C19H27N3O2S/c1-4-13(3)20-18(23)14-8-10-22(11-9-14)19-21-16-7-6-15(24-5-2)12-17(16)25-19/h6-7,12-14H,4-5,8-11H2,1-3H3,(H,20,23). The van der Waals surface area contributed by atoms with E-state index in [4.69, 9.17) is 9.72 Å². The second kappa shape index (κ2) is 8.04. The first kappa shape index (κ1) is 18.0. The van der Waals surface area contributed by atoms with Crippen LogP contribution in [0.4, 0.5) is 5.13 Å². The van der Waals surface area contributed by atoms with E-state index in [1.165, 1.54) is 0 Å². The van der Waals surface area contributed by atoms with Gasteiger partial charge in [0, 0.05) is 25.0 Å². The lowest BCUT2D eigenvalue weighted by Crippen LogP contribution is -2.43. The minimum Gasteiger partial charge on any atom is -0.494 e. The Balaban J connectivity index is 1.62. The van der Waals surface area contributed by atoms with E-state index >= 15 is 0 Å². The van der Waals surface area contributed by atoms with Crippen LogP contribution in [0.3, 0.4) is 0 Å². The van der Waals surface area contributed by atoms with Crippen LogP contribution in [0.25, 0.3) is 10.2 Å². The van der Waals surface area contributed by atoms with Gasteiger partial charge in [0.05, 0.1) is 16.8 Å². The molecular weight excluding hydrogens is 334 g/mol. The van der Waals surface area contributed by atoms with Crippen molar-refractivity contribution >= 4 is 32.6 Å². The van der Waals surface area contributed by atoms with E-state index in [9.17, 15) is 4.79 Å². The molecule has 0 bridgehead atoms. The molecule has 25 heavy (non-hydrogen) atoms. The summed E-state index contributed by atoms with van der Waals surface area (Å²) in [7, 11) is 0. The van der Waals surface area contributed by atoms with Crippen LogP contribution >= 0.6 is 11.3 Å². The van der Waals surface area contributed by atoms with Gasteiger partial charge in [-0.1, -0.05) is 18.3 Å². The minimum absolute atomic E-state index is 0.129. The molecule has 1 atom stereocenters. The summed E-state index contributed by atoms with van der Waals surface area (Å²) >= 11 is 1.70. The van der Waals surface area contributed by atoms with Gasteiger partial charge in [-0.2, -0.15) is 0 Å². The highest BCUT2D eigenvalue weighted by Crippen LogP contribution is 2.33. The Morgan fingerprint density at radius 2 is 2.16 bits per heavy atom. The van der Waals surface area contributed by atoms with Gasteiger partial charge in [0.1, 0.15) is 5.75 Å². The molecule has 136 valence electrons. The predicted octanol–water partition coefficient (Wildman–Crippen LogP) is 3.83. The summed E-state index contributed by atoms with van der Waals surface area (Å²) in [6.45, 7) is 8.59. The second-order valence-corrected chi connectivity index (χ2v) is 7.65. The smallest absolute Gasteiger partial charge is 0.223 e. The molecule has 1 amide bonds. The van der Waals surface area contributed by atoms with Crippen molar-refractivity contribution < 1.29 is 9.53 Å². The van der Waals surface area contributed by atoms with Gasteiger partial charge < -0.3 is 15.0 Å². The molecule has 3 rings (SSSR count). The third kappa shape index (κ3) is 4.24. The molecule has 1 fully saturated rings. The molecule has 2 heterocycles. The summed E-state index contributed by atoms with van der Waals surface area (Å²) in [4.78, 5) is 19.4. The zero-order valence-electron chi connectivity index (χ0n) is 15.2. The van der Waals surface area contributed by atoms with Crippen LogP contribution < -0.4 is 15.0 Å². The molecule has 1 aliphatic rings. The van der Waals surface area contributed by atoms with E-state index in [-0.39, 0.29) is 17.9 Å². The first-order chi connectivity index (χ1) is 12.1. The van der Waals surface area contributed by atoms with Crippen LogP contribution in [0.2, 0.25) is 0 Å². The molecule has 1 saturated heterocycles. The van der Waals surface area contributed by atoms with Crippen molar-refractivity contribution in [3.63, 3.8) is 0 Å². The van der Waals surface area contributed by atoms with E-state index in [2.05, 4.69) is 30.1 Å². The number of piperidine rings is 1. The van der Waals surface area contributed by atoms with E-state index in [1.807, 2.05) is 19.1 Å². The number of carbonyl (C=O) groups excluding carboxylic acids is 1. The van der Waals surface area contributed by atoms with Crippen LogP contribution in [-0.4, -0.2) is 36.6 Å². The van der Waals surface area contributed by atoms with E-state index in [1.54, 1.807) is 11.3 Å². The molecule has 0 saturated carbocycles. The van der Waals surface area contributed by atoms with Crippen LogP contribution in [0.1, 0.15) is 40.0 Å². The Labute approximate surface area is 153 Å². The van der Waals surface area contributed by atoms with E-state index in [0.717, 1.165) is 53.4 Å². The highest BCUT2D eigenvalue weighted by molar-refractivity contribution is 7.22. The maximum atomic E-state index is 12.3. The fourth-order valence-corrected chi connectivity index (χ4v) is 4.13. The number of anilines is 1. The van der Waals surface area contributed by atoms with Gasteiger partial charge in [-0.05, 0) is 51.3 Å². The number of hydrogen-bond donors (Lipinski definition) is 1. The second-order valence-electron chi connectivity index (χ2n) is 6.64. The molecule has 1 N–H and O–H groups in total. The van der Waals surface area contributed by atoms with Crippen molar-refractivity contribution in [1.29, 1.82) is 0 Å². The predicted molar refractivity (Wildman–Crippen MR) is 104 cm³/mol. The zero-order chi connectivity index (χ0) is 17.8. The minimum atomic E-state index is 0.129. The third-order valence-corrected chi connectivity index (χ3v) is 5.88. The van der Waals surface area contributed by atoms with Gasteiger partial charge in [0.15, 0.2) is 5.13 Å². The molecule has 6 heteroatoms. The van der Waals surface area contributed by atoms with Crippen molar-refractivity contribution in [3.8, 4) is 5.75 Å². The Kier molecular flexibility index (Phi) is 5.78. The Hall–Kier alpha value is -1.82. The van der Waals surface area contributed by atoms with Gasteiger partial charge in [0.25, 0.3) is 0 Å². The molecule has 0 radical (unpaired) electrons. The number of rotatable bonds is 6. The first-order valence-electron chi connectivity index (χ1n) is 9.19. The van der Waals surface area contributed by atoms with Crippen LogP contribution in [0, 0.1) is 5.92 Å². The summed E-state index contributed by atoms with van der Waals surface area (Å²) in [5.41, 5.74) is 1.01. The number of aromatic nitrogens is 1. The molecule has 1 aromatic carbocycles. The van der Waals surface area contributed by atoms with Crippen LogP contribution in [-0.2, 0) is 4.79 Å². The molecule has 0 aliphatic carbocycles. The number of amides is 1. The van der Waals surface area contributed by atoms with Gasteiger partial charge in [-0.25, -0.2) is 4.98 Å². The maximum Gasteiger partial charge on any atom is 0.223 e. The number of carbonyl (C=O) groups is 1. The van der Waals surface area contributed by atoms with Gasteiger partial charge >= 0.3 is 0 Å². The average Bonchev–Trinajstić information content (AvgIpc) is 3.05. The molecule has 1 aromatic heterocycles. The molecule has 0 spiro atoms. The average molecular weight is 362 g/mol. The number of thiazole rings is 1. The van der Waals surface area contributed by atoms with Crippen molar-refractivity contribution in [2.75, 3.05) is 24.6 Å². The molecule has 1 unspecified atom stereocenters. The van der Waals surface area contributed by atoms with Crippen molar-refractivity contribution in [3.05, 3.63) is 18.2 Å². The van der Waals surface area contributed by atoms with Crippen molar-refractivity contribution in [2.45, 2.75) is 46.1 Å². The largest absolute Gasteiger partial charge is 0.494 e. The highest BCUT2D eigenvalue weighted by atomic mass is 32.1. The molecule has 5 nitrogen and oxygen atoms in total. The van der Waals surface area contributed by atoms with Crippen LogP contribution in [0.5, 0.6) is 5.75 Å². The summed E-state index contributed by atoms with van der Waals surface area (Å²) in [5, 5.41) is 4.15. The number of nitrogens with zero attached hydrogens (tertiary/aromatic N) is 2. The SMILES string of the molecule is CCOc1ccc2nc(N3CCC(C(=O)NC(C)CC)CC3)sc2c1. The Bertz CT molecular complexity index is 723. The number of nitrogens with one attached hydrogen (secondary N) is 1. The summed E-state index contributed by atoms with van der Waals surface area (Å²) in [6.07, 6.45) is 2.75. The summed E-state index contributed by atoms with van der Waals surface area (Å²) in [5.74, 6) is 1.23. The van der Waals surface area contributed by atoms with E-state index < -0.39 is 0 Å². The lowest BCUT2D eigenvalue weighted by Gasteiger charge is -2.31. The molecule has 1 aliphatic heterocycles. The summed E-state index contributed by atoms with van der Waals surface area (Å²) < 4.78 is 6.72. The summed E-state index contributed by atoms with van der Waals surface area (Å²) in [6, 6.07) is 6.31. The monoisotopic (exact) mass is 361 g/mol. The van der Waals surface area contributed by atoms with Crippen LogP contribution in [0.15, 0.2) is 18.2 Å². The first-order valence-corrected chi connectivity index (χ1v) is 10.0. The van der Waals surface area contributed by atoms with Gasteiger partial charge in [-0.3, -0.25) is 4.79 Å². The van der Waals surface area contributed by atoms with Crippen molar-refractivity contribution in [1.82, 2.24) is 10.3 Å². The highest BCUT2D eigenvalue weighted by Gasteiger charge is 2.27. The number of fused-ring (bicyclic) bond motifs is 1. The molecule has 2 aromatic rings. The van der Waals surface area contributed by atoms with Gasteiger partial charge in [0.2, 0.25) is 5.91 Å². The lowest BCUT2D eigenvalue weighted by molar-refractivity contribution is -0.126. The quantitative estimate of drug-likeness (QED) is 0.850. The van der Waals surface area contributed by atoms with Gasteiger partial charge in [-0.15, -0.1) is 0 Å². The Morgan fingerprint density at radius 1 is 1.40 bits per heavy atom. The fourth-order valence-electron chi connectivity index (χ4n) is 3.08. The maximum absolute atomic E-state index is 12.3. The normalized spacial score (nSPS) is 16.8. The fraction of sp³-hybridized carbons (Fsp3) is 0.579. The number of hydrogen-bond acceptors (Lipinski definition) is 5. The topological polar surface area (TPSA) is 54.5 Å². The Morgan fingerprint density at radius 3 is 2.84 bits per heavy atom. The molecular formula is C19H27N3O2S. The van der Waals surface area contributed by atoms with E-state index in [0.29, 0.717) is 6.61 Å². The number of benzene rings is 1. The lowest BCUT2D eigenvalue weighted by atomic mass is 9.96. The zero-order valence-corrected chi connectivity index (χ0v) is 16.1. The van der Waals surface area contributed by atoms with Crippen molar-refractivity contribution in [2.24, 2.45) is 5.92 Å². The number of ether oxygens (including phenoxy) is 1.